The molecule has 1 amide bonds. The first-order valence-corrected chi connectivity index (χ1v) is 10.7. The highest BCUT2D eigenvalue weighted by Crippen LogP contribution is 2.30. The summed E-state index contributed by atoms with van der Waals surface area (Å²) in [5.41, 5.74) is 2.54. The van der Waals surface area contributed by atoms with Crippen molar-refractivity contribution >= 4 is 23.1 Å². The van der Waals surface area contributed by atoms with Crippen LogP contribution in [-0.4, -0.2) is 41.0 Å². The lowest BCUT2D eigenvalue weighted by molar-refractivity contribution is -0.384. The predicted octanol–water partition coefficient (Wildman–Crippen LogP) is 4.22. The monoisotopic (exact) mass is 447 g/mol. The van der Waals surface area contributed by atoms with Crippen LogP contribution in [0.3, 0.4) is 0 Å². The Labute approximate surface area is 191 Å². The Morgan fingerprint density at radius 2 is 2.00 bits per heavy atom. The second-order valence-corrected chi connectivity index (χ2v) is 7.99. The van der Waals surface area contributed by atoms with Gasteiger partial charge in [-0.1, -0.05) is 12.1 Å². The summed E-state index contributed by atoms with van der Waals surface area (Å²) < 4.78 is 5.21. The minimum Gasteiger partial charge on any atom is -0.497 e. The number of aromatic nitrogens is 2. The van der Waals surface area contributed by atoms with Crippen molar-refractivity contribution in [1.29, 1.82) is 0 Å². The standard InChI is InChI=1S/C24H25N5O4/c1-16-5-3-7-21(29(31)32)23(16)27-24(30)18-6-4-12-28(14-18)22-13-20(25-15-26-22)17-8-10-19(33-2)11-9-17/h3,5,7-11,13,15,18H,4,6,12,14H2,1-2H3,(H,27,30). The number of carbonyl (C=O) groups is 1. The normalized spacial score (nSPS) is 15.7. The van der Waals surface area contributed by atoms with E-state index >= 15 is 0 Å². The SMILES string of the molecule is COc1ccc(-c2cc(N3CCCC(C(=O)Nc4c(C)cccc4[N+](=O)[O-])C3)ncn2)cc1. The molecule has 4 rings (SSSR count). The third kappa shape index (κ3) is 4.92. The third-order valence-corrected chi connectivity index (χ3v) is 5.85. The highest BCUT2D eigenvalue weighted by molar-refractivity contribution is 5.96. The predicted molar refractivity (Wildman–Crippen MR) is 125 cm³/mol. The van der Waals surface area contributed by atoms with E-state index < -0.39 is 4.92 Å². The van der Waals surface area contributed by atoms with Crippen LogP contribution in [0.4, 0.5) is 17.2 Å². The largest absolute Gasteiger partial charge is 0.497 e. The molecule has 0 bridgehead atoms. The van der Waals surface area contributed by atoms with Crippen molar-refractivity contribution in [3.63, 3.8) is 0 Å². The second kappa shape index (κ2) is 9.64. The number of anilines is 2. The maximum Gasteiger partial charge on any atom is 0.293 e. The summed E-state index contributed by atoms with van der Waals surface area (Å²) in [6, 6.07) is 14.3. The molecule has 1 aliphatic heterocycles. The number of hydrogen-bond donors (Lipinski definition) is 1. The van der Waals surface area contributed by atoms with Crippen LogP contribution in [0, 0.1) is 23.0 Å². The smallest absolute Gasteiger partial charge is 0.293 e. The number of nitrogens with zero attached hydrogens (tertiary/aromatic N) is 4. The fourth-order valence-corrected chi connectivity index (χ4v) is 4.03. The van der Waals surface area contributed by atoms with Crippen LogP contribution in [0.15, 0.2) is 54.9 Å². The number of hydrogen-bond acceptors (Lipinski definition) is 7. The molecular weight excluding hydrogens is 422 g/mol. The van der Waals surface area contributed by atoms with Gasteiger partial charge < -0.3 is 15.0 Å². The molecule has 2 aromatic carbocycles. The lowest BCUT2D eigenvalue weighted by Crippen LogP contribution is -2.41. The Morgan fingerprint density at radius 3 is 2.73 bits per heavy atom. The average Bonchev–Trinajstić information content (AvgIpc) is 2.85. The van der Waals surface area contributed by atoms with Gasteiger partial charge >= 0.3 is 0 Å². The van der Waals surface area contributed by atoms with E-state index in [0.717, 1.165) is 35.8 Å². The van der Waals surface area contributed by atoms with Gasteiger partial charge in [0.2, 0.25) is 5.91 Å². The fraction of sp³-hybridized carbons (Fsp3) is 0.292. The molecule has 0 spiro atoms. The zero-order valence-corrected chi connectivity index (χ0v) is 18.5. The molecule has 0 radical (unpaired) electrons. The molecule has 2 heterocycles. The first kappa shape index (κ1) is 22.2. The highest BCUT2D eigenvalue weighted by Gasteiger charge is 2.28. The quantitative estimate of drug-likeness (QED) is 0.445. The molecular formula is C24H25N5O4. The third-order valence-electron chi connectivity index (χ3n) is 5.85. The number of amides is 1. The van der Waals surface area contributed by atoms with E-state index in [2.05, 4.69) is 20.2 Å². The van der Waals surface area contributed by atoms with E-state index in [1.165, 1.54) is 12.4 Å². The molecule has 1 N–H and O–H groups in total. The van der Waals surface area contributed by atoms with Crippen LogP contribution < -0.4 is 15.0 Å². The Kier molecular flexibility index (Phi) is 6.48. The lowest BCUT2D eigenvalue weighted by atomic mass is 9.96. The summed E-state index contributed by atoms with van der Waals surface area (Å²) in [5.74, 6) is 0.987. The van der Waals surface area contributed by atoms with Gasteiger partial charge in [0.05, 0.1) is 23.6 Å². The summed E-state index contributed by atoms with van der Waals surface area (Å²) in [7, 11) is 1.62. The lowest BCUT2D eigenvalue weighted by Gasteiger charge is -2.33. The van der Waals surface area contributed by atoms with Gasteiger partial charge in [-0.3, -0.25) is 14.9 Å². The van der Waals surface area contributed by atoms with Crippen molar-refractivity contribution < 1.29 is 14.5 Å². The van der Waals surface area contributed by atoms with Gasteiger partial charge in [-0.2, -0.15) is 0 Å². The summed E-state index contributed by atoms with van der Waals surface area (Å²) in [6.07, 6.45) is 3.05. The molecule has 1 unspecified atom stereocenters. The van der Waals surface area contributed by atoms with E-state index in [-0.39, 0.29) is 23.2 Å². The molecule has 33 heavy (non-hydrogen) atoms. The molecule has 1 aliphatic rings. The van der Waals surface area contributed by atoms with Crippen LogP contribution in [0.2, 0.25) is 0 Å². The molecule has 1 atom stereocenters. The summed E-state index contributed by atoms with van der Waals surface area (Å²) in [5, 5.41) is 14.2. The van der Waals surface area contributed by atoms with E-state index in [1.54, 1.807) is 26.2 Å². The number of para-hydroxylation sites is 1. The zero-order valence-electron chi connectivity index (χ0n) is 18.5. The minimum absolute atomic E-state index is 0.101. The van der Waals surface area contributed by atoms with Crippen molar-refractivity contribution in [2.75, 3.05) is 30.4 Å². The summed E-state index contributed by atoms with van der Waals surface area (Å²) in [4.78, 5) is 34.8. The van der Waals surface area contributed by atoms with Crippen molar-refractivity contribution in [2.45, 2.75) is 19.8 Å². The molecule has 170 valence electrons. The number of benzene rings is 2. The number of nitro benzene ring substituents is 1. The number of nitro groups is 1. The van der Waals surface area contributed by atoms with E-state index in [1.807, 2.05) is 30.3 Å². The van der Waals surface area contributed by atoms with Crippen LogP contribution in [0.1, 0.15) is 18.4 Å². The van der Waals surface area contributed by atoms with Crippen molar-refractivity contribution in [1.82, 2.24) is 9.97 Å². The topological polar surface area (TPSA) is 110 Å². The Bertz CT molecular complexity index is 1170. The van der Waals surface area contributed by atoms with Gasteiger partial charge in [0.15, 0.2) is 0 Å². The zero-order chi connectivity index (χ0) is 23.4. The van der Waals surface area contributed by atoms with Crippen LogP contribution >= 0.6 is 0 Å². The Morgan fingerprint density at radius 1 is 1.21 bits per heavy atom. The molecule has 1 fully saturated rings. The Hall–Kier alpha value is -4.01. The van der Waals surface area contributed by atoms with Crippen LogP contribution in [0.5, 0.6) is 5.75 Å². The van der Waals surface area contributed by atoms with Gasteiger partial charge in [-0.05, 0) is 49.6 Å². The van der Waals surface area contributed by atoms with E-state index in [9.17, 15) is 14.9 Å². The van der Waals surface area contributed by atoms with Gasteiger partial charge in [0.1, 0.15) is 23.6 Å². The number of rotatable bonds is 6. The second-order valence-electron chi connectivity index (χ2n) is 7.99. The molecule has 1 saturated heterocycles. The average molecular weight is 447 g/mol. The fourth-order valence-electron chi connectivity index (χ4n) is 4.03. The molecule has 9 nitrogen and oxygen atoms in total. The number of piperidine rings is 1. The maximum absolute atomic E-state index is 13.0. The van der Waals surface area contributed by atoms with E-state index in [0.29, 0.717) is 18.5 Å². The van der Waals surface area contributed by atoms with Gasteiger partial charge in [0, 0.05) is 30.8 Å². The highest BCUT2D eigenvalue weighted by atomic mass is 16.6. The Balaban J connectivity index is 1.50. The number of nitrogens with one attached hydrogen (secondary N) is 1. The minimum atomic E-state index is -0.475. The number of ether oxygens (including phenoxy) is 1. The molecule has 0 saturated carbocycles. The first-order chi connectivity index (χ1) is 16.0. The molecule has 9 heteroatoms. The van der Waals surface area contributed by atoms with E-state index in [4.69, 9.17) is 4.74 Å². The number of carbonyl (C=O) groups excluding carboxylic acids is 1. The van der Waals surface area contributed by atoms with Crippen molar-refractivity contribution in [2.24, 2.45) is 5.92 Å². The van der Waals surface area contributed by atoms with Crippen LogP contribution in [-0.2, 0) is 4.79 Å². The molecule has 1 aromatic heterocycles. The number of aryl methyl sites for hydroxylation is 1. The summed E-state index contributed by atoms with van der Waals surface area (Å²) >= 11 is 0. The van der Waals surface area contributed by atoms with Crippen LogP contribution in [0.25, 0.3) is 11.3 Å². The summed E-state index contributed by atoms with van der Waals surface area (Å²) in [6.45, 7) is 3.00. The maximum atomic E-state index is 13.0. The van der Waals surface area contributed by atoms with Gasteiger partial charge in [-0.25, -0.2) is 9.97 Å². The molecule has 0 aliphatic carbocycles. The van der Waals surface area contributed by atoms with Crippen molar-refractivity contribution in [3.8, 4) is 17.0 Å². The van der Waals surface area contributed by atoms with Gasteiger partial charge in [-0.15, -0.1) is 0 Å². The first-order valence-electron chi connectivity index (χ1n) is 10.7. The van der Waals surface area contributed by atoms with Crippen molar-refractivity contribution in [3.05, 3.63) is 70.5 Å². The van der Waals surface area contributed by atoms with Gasteiger partial charge in [0.25, 0.3) is 5.69 Å². The molecule has 3 aromatic rings. The number of methoxy groups -OCH3 is 1.